The molecule has 0 bridgehead atoms. The number of rotatable bonds is 1. The van der Waals surface area contributed by atoms with Crippen LogP contribution in [0.3, 0.4) is 0 Å². The first kappa shape index (κ1) is 10.5. The molecule has 2 rings (SSSR count). The van der Waals surface area contributed by atoms with E-state index in [1.807, 2.05) is 44.3 Å². The summed E-state index contributed by atoms with van der Waals surface area (Å²) in [4.78, 5) is 5.14. The van der Waals surface area contributed by atoms with Gasteiger partial charge in [0, 0.05) is 16.9 Å². The van der Waals surface area contributed by atoms with Crippen LogP contribution in [0.2, 0.25) is 0 Å². The van der Waals surface area contributed by atoms with Gasteiger partial charge >= 0.3 is 0 Å². The van der Waals surface area contributed by atoms with E-state index in [9.17, 15) is 0 Å². The van der Waals surface area contributed by atoms with Crippen LogP contribution in [0.4, 0.5) is 0 Å². The van der Waals surface area contributed by atoms with E-state index in [-0.39, 0.29) is 0 Å². The Hall–Kier alpha value is -1.57. The van der Waals surface area contributed by atoms with Gasteiger partial charge in [0.15, 0.2) is 0 Å². The highest BCUT2D eigenvalue weighted by atomic mass is 16.6. The SMILES string of the molecule is CC.CO[n+]1cccc2ccccc21. The number of fused-ring (bicyclic) bond motifs is 1. The molecule has 0 spiro atoms. The summed E-state index contributed by atoms with van der Waals surface area (Å²) < 4.78 is 1.75. The molecule has 74 valence electrons. The largest absolute Gasteiger partial charge is 0.274 e. The summed E-state index contributed by atoms with van der Waals surface area (Å²) >= 11 is 0. The van der Waals surface area contributed by atoms with Crippen LogP contribution in [-0.4, -0.2) is 7.11 Å². The second-order valence-corrected chi connectivity index (χ2v) is 2.58. The third-order valence-electron chi connectivity index (χ3n) is 1.87. The first-order valence-electron chi connectivity index (χ1n) is 4.86. The van der Waals surface area contributed by atoms with E-state index in [1.165, 1.54) is 5.39 Å². The Kier molecular flexibility index (Phi) is 3.92. The van der Waals surface area contributed by atoms with Gasteiger partial charge in [-0.2, -0.15) is 0 Å². The lowest BCUT2D eigenvalue weighted by Gasteiger charge is -1.94. The summed E-state index contributed by atoms with van der Waals surface area (Å²) in [5.74, 6) is 0. The number of hydrogen-bond acceptors (Lipinski definition) is 1. The Balaban J connectivity index is 0.000000461. The van der Waals surface area contributed by atoms with Crippen LogP contribution < -0.4 is 9.57 Å². The van der Waals surface area contributed by atoms with Gasteiger partial charge in [0.05, 0.1) is 5.39 Å². The van der Waals surface area contributed by atoms with Crippen LogP contribution in [0.5, 0.6) is 0 Å². The minimum absolute atomic E-state index is 1.09. The molecule has 2 nitrogen and oxygen atoms in total. The maximum atomic E-state index is 5.14. The first-order valence-corrected chi connectivity index (χ1v) is 4.86. The molecule has 0 saturated carbocycles. The third kappa shape index (κ3) is 2.02. The van der Waals surface area contributed by atoms with Gasteiger partial charge in [0.25, 0.3) is 5.52 Å². The van der Waals surface area contributed by atoms with Gasteiger partial charge in [-0.15, -0.1) is 0 Å². The third-order valence-corrected chi connectivity index (χ3v) is 1.87. The lowest BCUT2D eigenvalue weighted by atomic mass is 10.2. The molecule has 0 aliphatic rings. The van der Waals surface area contributed by atoms with Gasteiger partial charge in [-0.1, -0.05) is 26.0 Å². The van der Waals surface area contributed by atoms with Crippen molar-refractivity contribution in [1.29, 1.82) is 0 Å². The standard InChI is InChI=1S/C10H10NO.C2H6/c1-12-11-8-4-6-9-5-2-3-7-10(9)11;1-2/h2-8H,1H3;1-2H3/q+1;. The Morgan fingerprint density at radius 2 is 1.64 bits per heavy atom. The molecule has 0 atom stereocenters. The Morgan fingerprint density at radius 3 is 2.36 bits per heavy atom. The van der Waals surface area contributed by atoms with Gasteiger partial charge in [-0.25, -0.2) is 0 Å². The normalized spacial score (nSPS) is 9.07. The second kappa shape index (κ2) is 5.22. The van der Waals surface area contributed by atoms with Gasteiger partial charge in [0.2, 0.25) is 6.20 Å². The minimum atomic E-state index is 1.09. The fourth-order valence-electron chi connectivity index (χ4n) is 1.29. The topological polar surface area (TPSA) is 13.1 Å². The molecular formula is C12H16NO+. The zero-order valence-electron chi connectivity index (χ0n) is 8.90. The number of hydrogen-bond donors (Lipinski definition) is 0. The highest BCUT2D eigenvalue weighted by Crippen LogP contribution is 2.06. The summed E-state index contributed by atoms with van der Waals surface area (Å²) in [5.41, 5.74) is 1.09. The molecule has 14 heavy (non-hydrogen) atoms. The first-order chi connectivity index (χ1) is 6.92. The summed E-state index contributed by atoms with van der Waals surface area (Å²) in [5, 5.41) is 1.18. The fourth-order valence-corrected chi connectivity index (χ4v) is 1.29. The van der Waals surface area contributed by atoms with Crippen molar-refractivity contribution in [3.8, 4) is 0 Å². The molecule has 2 heteroatoms. The molecule has 0 aliphatic carbocycles. The van der Waals surface area contributed by atoms with Crippen LogP contribution in [0.25, 0.3) is 10.9 Å². The van der Waals surface area contributed by atoms with Gasteiger partial charge < -0.3 is 0 Å². The van der Waals surface area contributed by atoms with Crippen LogP contribution in [0, 0.1) is 0 Å². The van der Waals surface area contributed by atoms with Crippen LogP contribution in [0.15, 0.2) is 42.6 Å². The molecule has 0 radical (unpaired) electrons. The molecule has 0 amide bonds. The monoisotopic (exact) mass is 190 g/mol. The zero-order valence-corrected chi connectivity index (χ0v) is 8.90. The molecule has 0 saturated heterocycles. The van der Waals surface area contributed by atoms with Crippen LogP contribution in [0.1, 0.15) is 13.8 Å². The van der Waals surface area contributed by atoms with Crippen molar-refractivity contribution in [3.05, 3.63) is 42.6 Å². The molecule has 0 aliphatic heterocycles. The van der Waals surface area contributed by atoms with E-state index in [0.717, 1.165) is 5.52 Å². The Labute approximate surface area is 84.7 Å². The number of benzene rings is 1. The fraction of sp³-hybridized carbons (Fsp3) is 0.250. The molecule has 1 aromatic heterocycles. The predicted octanol–water partition coefficient (Wildman–Crippen LogP) is 2.21. The average molecular weight is 190 g/mol. The maximum Gasteiger partial charge on any atom is 0.264 e. The number of aromatic nitrogens is 1. The molecule has 1 heterocycles. The summed E-state index contributed by atoms with van der Waals surface area (Å²) in [6.07, 6.45) is 1.89. The van der Waals surface area contributed by atoms with E-state index in [1.54, 1.807) is 11.8 Å². The van der Waals surface area contributed by atoms with Crippen molar-refractivity contribution in [2.45, 2.75) is 13.8 Å². The quantitative estimate of drug-likeness (QED) is 0.628. The van der Waals surface area contributed by atoms with E-state index in [4.69, 9.17) is 4.84 Å². The van der Waals surface area contributed by atoms with Gasteiger partial charge in [-0.05, 0) is 12.1 Å². The van der Waals surface area contributed by atoms with Crippen LogP contribution in [-0.2, 0) is 0 Å². The van der Waals surface area contributed by atoms with Crippen molar-refractivity contribution in [2.24, 2.45) is 0 Å². The summed E-state index contributed by atoms with van der Waals surface area (Å²) in [7, 11) is 1.66. The molecule has 0 unspecified atom stereocenters. The van der Waals surface area contributed by atoms with E-state index in [0.29, 0.717) is 0 Å². The molecule has 0 fully saturated rings. The van der Waals surface area contributed by atoms with E-state index >= 15 is 0 Å². The predicted molar refractivity (Wildman–Crippen MR) is 58.0 cm³/mol. The number of nitrogens with zero attached hydrogens (tertiary/aromatic N) is 1. The lowest BCUT2D eigenvalue weighted by Crippen LogP contribution is -2.40. The smallest absolute Gasteiger partial charge is 0.264 e. The number of para-hydroxylation sites is 1. The Bertz CT molecular complexity index is 393. The second-order valence-electron chi connectivity index (χ2n) is 2.58. The molecular weight excluding hydrogens is 174 g/mol. The average Bonchev–Trinajstić information content (AvgIpc) is 2.31. The highest BCUT2D eigenvalue weighted by Gasteiger charge is 2.05. The molecule has 1 aromatic carbocycles. The lowest BCUT2D eigenvalue weighted by molar-refractivity contribution is -0.865. The molecule has 2 aromatic rings. The van der Waals surface area contributed by atoms with E-state index < -0.39 is 0 Å². The van der Waals surface area contributed by atoms with Crippen LogP contribution >= 0.6 is 0 Å². The van der Waals surface area contributed by atoms with Gasteiger partial charge in [0.1, 0.15) is 7.11 Å². The van der Waals surface area contributed by atoms with E-state index in [2.05, 4.69) is 12.1 Å². The minimum Gasteiger partial charge on any atom is -0.274 e. The number of pyridine rings is 1. The maximum absolute atomic E-state index is 5.14. The highest BCUT2D eigenvalue weighted by molar-refractivity contribution is 5.74. The van der Waals surface area contributed by atoms with Gasteiger partial charge in [-0.3, -0.25) is 4.84 Å². The molecule has 0 N–H and O–H groups in total. The zero-order chi connectivity index (χ0) is 10.4. The van der Waals surface area contributed by atoms with Crippen molar-refractivity contribution in [2.75, 3.05) is 7.11 Å². The summed E-state index contributed by atoms with van der Waals surface area (Å²) in [6.45, 7) is 4.00. The van der Waals surface area contributed by atoms with Crippen molar-refractivity contribution < 1.29 is 9.57 Å². The summed E-state index contributed by atoms with van der Waals surface area (Å²) in [6, 6.07) is 12.1. The van der Waals surface area contributed by atoms with Crippen molar-refractivity contribution >= 4 is 10.9 Å². The Morgan fingerprint density at radius 1 is 1.00 bits per heavy atom. The van der Waals surface area contributed by atoms with Crippen molar-refractivity contribution in [1.82, 2.24) is 0 Å². The van der Waals surface area contributed by atoms with Crippen molar-refractivity contribution in [3.63, 3.8) is 0 Å².